The van der Waals surface area contributed by atoms with Gasteiger partial charge in [0.25, 0.3) is 0 Å². The van der Waals surface area contributed by atoms with Gasteiger partial charge in [0.05, 0.1) is 20.2 Å². The number of unbranched alkanes of at least 4 members (excludes halogenated alkanes) is 14. The van der Waals surface area contributed by atoms with Crippen molar-refractivity contribution in [2.75, 3.05) is 14.1 Å². The molecule has 0 fully saturated rings. The van der Waals surface area contributed by atoms with E-state index in [0.717, 1.165) is 23.4 Å². The molecule has 4 heteroatoms. The summed E-state index contributed by atoms with van der Waals surface area (Å²) in [6.07, 6.45) is 22.8. The van der Waals surface area contributed by atoms with Gasteiger partial charge in [-0.2, -0.15) is 0 Å². The molecule has 26 heavy (non-hydrogen) atoms. The van der Waals surface area contributed by atoms with Crippen molar-refractivity contribution in [2.24, 2.45) is 0 Å². The SMILES string of the molecule is CCCCCCCCCCCCCCCCC/C(=C\C(=O)O)[NH+](C)C.[Cl-]. The first-order valence-electron chi connectivity index (χ1n) is 10.8. The summed E-state index contributed by atoms with van der Waals surface area (Å²) in [5, 5.41) is 8.87. The van der Waals surface area contributed by atoms with Gasteiger partial charge in [-0.05, 0) is 6.42 Å². The van der Waals surface area contributed by atoms with E-state index >= 15 is 0 Å². The Kier molecular flexibility index (Phi) is 22.1. The Bertz CT molecular complexity index is 343. The van der Waals surface area contributed by atoms with Crippen LogP contribution in [0.5, 0.6) is 0 Å². The van der Waals surface area contributed by atoms with Gasteiger partial charge in [-0.1, -0.05) is 96.8 Å². The van der Waals surface area contributed by atoms with Crippen LogP contribution in [0.25, 0.3) is 0 Å². The highest BCUT2D eigenvalue weighted by Gasteiger charge is 2.07. The van der Waals surface area contributed by atoms with Crippen molar-refractivity contribution in [1.29, 1.82) is 0 Å². The molecule has 0 bridgehead atoms. The molecule has 0 saturated heterocycles. The molecule has 2 N–H and O–H groups in total. The zero-order valence-electron chi connectivity index (χ0n) is 17.6. The quantitative estimate of drug-likeness (QED) is 0.279. The van der Waals surface area contributed by atoms with Crippen LogP contribution in [-0.4, -0.2) is 25.2 Å². The lowest BCUT2D eigenvalue weighted by Gasteiger charge is -2.10. The molecule has 0 unspecified atom stereocenters. The maximum absolute atomic E-state index is 10.8. The van der Waals surface area contributed by atoms with E-state index in [-0.39, 0.29) is 12.4 Å². The summed E-state index contributed by atoms with van der Waals surface area (Å²) < 4.78 is 0. The number of hydrogen-bond acceptors (Lipinski definition) is 1. The first kappa shape index (κ1) is 27.7. The predicted octanol–water partition coefficient (Wildman–Crippen LogP) is 2.36. The summed E-state index contributed by atoms with van der Waals surface area (Å²) in [6.45, 7) is 2.28. The lowest BCUT2D eigenvalue weighted by molar-refractivity contribution is -0.818. The molecule has 0 saturated carbocycles. The minimum atomic E-state index is -0.822. The van der Waals surface area contributed by atoms with Gasteiger partial charge in [-0.25, -0.2) is 4.79 Å². The first-order valence-corrected chi connectivity index (χ1v) is 10.8. The Balaban J connectivity index is 0. The van der Waals surface area contributed by atoms with E-state index < -0.39 is 5.97 Å². The zero-order chi connectivity index (χ0) is 18.8. The number of nitrogens with one attached hydrogen (secondary N) is 1. The Morgan fingerprint density at radius 1 is 0.731 bits per heavy atom. The van der Waals surface area contributed by atoms with Gasteiger partial charge in [-0.15, -0.1) is 0 Å². The van der Waals surface area contributed by atoms with Crippen molar-refractivity contribution in [2.45, 2.75) is 110 Å². The van der Waals surface area contributed by atoms with Gasteiger partial charge in [0.15, 0.2) is 0 Å². The van der Waals surface area contributed by atoms with Crippen LogP contribution in [-0.2, 0) is 4.79 Å². The largest absolute Gasteiger partial charge is 1.00 e. The molecule has 3 nitrogen and oxygen atoms in total. The van der Waals surface area contributed by atoms with E-state index in [1.54, 1.807) is 0 Å². The number of hydrogen-bond donors (Lipinski definition) is 2. The summed E-state index contributed by atoms with van der Waals surface area (Å²) in [4.78, 5) is 11.9. The number of carboxylic acids is 1. The molecule has 0 aliphatic heterocycles. The monoisotopic (exact) mass is 389 g/mol. The third-order valence-electron chi connectivity index (χ3n) is 4.99. The molecule has 0 aliphatic rings. The van der Waals surface area contributed by atoms with Gasteiger partial charge in [0.2, 0.25) is 0 Å². The van der Waals surface area contributed by atoms with Gasteiger partial charge in [0.1, 0.15) is 5.70 Å². The molecule has 0 heterocycles. The Labute approximate surface area is 169 Å². The third-order valence-corrected chi connectivity index (χ3v) is 4.99. The van der Waals surface area contributed by atoms with Crippen molar-refractivity contribution < 1.29 is 27.2 Å². The molecule has 0 spiro atoms. The molecule has 0 rings (SSSR count). The second kappa shape index (κ2) is 20.8. The summed E-state index contributed by atoms with van der Waals surface area (Å²) in [7, 11) is 4.00. The lowest BCUT2D eigenvalue weighted by Crippen LogP contribution is -3.03. The fourth-order valence-electron chi connectivity index (χ4n) is 3.30. The number of aliphatic carboxylic acids is 1. The average Bonchev–Trinajstić information content (AvgIpc) is 2.56. The second-order valence-corrected chi connectivity index (χ2v) is 7.71. The van der Waals surface area contributed by atoms with Gasteiger partial charge >= 0.3 is 5.97 Å². The van der Waals surface area contributed by atoms with E-state index in [0.29, 0.717) is 0 Å². The Morgan fingerprint density at radius 2 is 1.08 bits per heavy atom. The van der Waals surface area contributed by atoms with Gasteiger partial charge in [-0.3, -0.25) is 0 Å². The van der Waals surface area contributed by atoms with Crippen LogP contribution in [0.15, 0.2) is 11.8 Å². The molecule has 0 radical (unpaired) electrons. The van der Waals surface area contributed by atoms with E-state index in [2.05, 4.69) is 6.92 Å². The van der Waals surface area contributed by atoms with Crippen molar-refractivity contribution >= 4 is 5.97 Å². The van der Waals surface area contributed by atoms with Crippen molar-refractivity contribution in [1.82, 2.24) is 0 Å². The fourth-order valence-corrected chi connectivity index (χ4v) is 3.30. The van der Waals surface area contributed by atoms with Crippen molar-refractivity contribution in [3.05, 3.63) is 11.8 Å². The highest BCUT2D eigenvalue weighted by molar-refractivity contribution is 5.80. The van der Waals surface area contributed by atoms with Crippen LogP contribution in [0.4, 0.5) is 0 Å². The normalized spacial score (nSPS) is 11.6. The van der Waals surface area contributed by atoms with Crippen LogP contribution >= 0.6 is 0 Å². The number of carbonyl (C=O) groups is 1. The average molecular weight is 390 g/mol. The van der Waals surface area contributed by atoms with E-state index in [1.165, 1.54) is 96.0 Å². The standard InChI is InChI=1S/C22H43NO2.ClH/c1-4-5-6-7-8-9-10-11-12-13-14-15-16-17-18-19-21(23(2)3)20-22(24)25;/h20H,4-19H2,1-3H3,(H,24,25);1H/b21-20+;. The van der Waals surface area contributed by atoms with Crippen LogP contribution in [0.3, 0.4) is 0 Å². The number of allylic oxidation sites excluding steroid dienone is 1. The Morgan fingerprint density at radius 3 is 1.38 bits per heavy atom. The minimum absolute atomic E-state index is 0. The maximum Gasteiger partial charge on any atom is 0.333 e. The molecular weight excluding hydrogens is 346 g/mol. The van der Waals surface area contributed by atoms with E-state index in [4.69, 9.17) is 5.11 Å². The third kappa shape index (κ3) is 19.8. The summed E-state index contributed by atoms with van der Waals surface area (Å²) >= 11 is 0. The molecule has 0 amide bonds. The fraction of sp³-hybridized carbons (Fsp3) is 0.864. The summed E-state index contributed by atoms with van der Waals surface area (Å²) in [5.41, 5.74) is 1.00. The van der Waals surface area contributed by atoms with Crippen LogP contribution in [0, 0.1) is 0 Å². The molecule has 0 aromatic carbocycles. The Hall–Kier alpha value is -0.540. The van der Waals surface area contributed by atoms with Crippen LogP contribution in [0.1, 0.15) is 110 Å². The van der Waals surface area contributed by atoms with E-state index in [1.807, 2.05) is 14.1 Å². The number of halogens is 1. The highest BCUT2D eigenvalue weighted by Crippen LogP contribution is 2.14. The second-order valence-electron chi connectivity index (χ2n) is 7.71. The lowest BCUT2D eigenvalue weighted by atomic mass is 10.0. The van der Waals surface area contributed by atoms with E-state index in [9.17, 15) is 4.79 Å². The maximum atomic E-state index is 10.8. The first-order chi connectivity index (χ1) is 12.1. The molecule has 0 aromatic heterocycles. The summed E-state index contributed by atoms with van der Waals surface area (Å²) in [5.74, 6) is -0.822. The molecular formula is C22H44ClNO2. The number of quaternary nitrogens is 1. The summed E-state index contributed by atoms with van der Waals surface area (Å²) in [6, 6.07) is 0. The smallest absolute Gasteiger partial charge is 0.333 e. The van der Waals surface area contributed by atoms with Crippen molar-refractivity contribution in [3.63, 3.8) is 0 Å². The molecule has 0 atom stereocenters. The highest BCUT2D eigenvalue weighted by atomic mass is 35.5. The van der Waals surface area contributed by atoms with Gasteiger partial charge < -0.3 is 22.4 Å². The predicted molar refractivity (Wildman–Crippen MR) is 108 cm³/mol. The van der Waals surface area contributed by atoms with Gasteiger partial charge in [0, 0.05) is 6.42 Å². The molecule has 0 aromatic rings. The van der Waals surface area contributed by atoms with Crippen LogP contribution in [0.2, 0.25) is 0 Å². The molecule has 156 valence electrons. The number of carboxylic acid groups (broad SMARTS) is 1. The zero-order valence-corrected chi connectivity index (χ0v) is 18.4. The minimum Gasteiger partial charge on any atom is -1.00 e. The van der Waals surface area contributed by atoms with Crippen LogP contribution < -0.4 is 17.3 Å². The van der Waals surface area contributed by atoms with Crippen molar-refractivity contribution in [3.8, 4) is 0 Å². The topological polar surface area (TPSA) is 41.7 Å². The number of rotatable bonds is 18. The molecule has 0 aliphatic carbocycles.